The molecule has 1 heterocycles. The maximum absolute atomic E-state index is 12.2. The van der Waals surface area contributed by atoms with Crippen molar-refractivity contribution >= 4 is 18.3 Å². The third-order valence-electron chi connectivity index (χ3n) is 3.59. The Hall–Kier alpha value is -1.04. The molecule has 3 N–H and O–H groups in total. The number of aliphatic hydroxyl groups is 1. The number of nitrogens with two attached hydrogens (primary N) is 1. The van der Waals surface area contributed by atoms with Gasteiger partial charge in [0.2, 0.25) is 5.91 Å². The van der Waals surface area contributed by atoms with Gasteiger partial charge >= 0.3 is 0 Å². The fraction of sp³-hybridized carbons (Fsp3) is 0.615. The minimum atomic E-state index is -0.465. The Morgan fingerprint density at radius 3 is 2.89 bits per heavy atom. The summed E-state index contributed by atoms with van der Waals surface area (Å²) < 4.78 is 4.98. The van der Waals surface area contributed by atoms with E-state index in [9.17, 15) is 9.90 Å². The lowest BCUT2D eigenvalue weighted by molar-refractivity contribution is -0.136. The first kappa shape index (κ1) is 16.0. The largest absolute Gasteiger partial charge is 0.472 e. The Kier molecular flexibility index (Phi) is 5.85. The predicted octanol–water partition coefficient (Wildman–Crippen LogP) is 1.15. The third kappa shape index (κ3) is 3.96. The Morgan fingerprint density at radius 1 is 1.58 bits per heavy atom. The number of carbonyl (C=O) groups excluding carboxylic acids is 1. The van der Waals surface area contributed by atoms with Crippen molar-refractivity contribution in [1.29, 1.82) is 0 Å². The number of hydrogen-bond acceptors (Lipinski definition) is 4. The van der Waals surface area contributed by atoms with Gasteiger partial charge in [-0.15, -0.1) is 12.4 Å². The van der Waals surface area contributed by atoms with Gasteiger partial charge in [0, 0.05) is 31.1 Å². The molecule has 0 bridgehead atoms. The monoisotopic (exact) mass is 288 g/mol. The van der Waals surface area contributed by atoms with E-state index in [2.05, 4.69) is 0 Å². The summed E-state index contributed by atoms with van der Waals surface area (Å²) in [6.07, 6.45) is 4.66. The number of furan rings is 1. The van der Waals surface area contributed by atoms with E-state index in [-0.39, 0.29) is 30.3 Å². The zero-order chi connectivity index (χ0) is 13.1. The lowest BCUT2D eigenvalue weighted by atomic mass is 9.83. The highest BCUT2D eigenvalue weighted by Crippen LogP contribution is 2.25. The van der Waals surface area contributed by atoms with Crippen LogP contribution in [0.15, 0.2) is 23.0 Å². The number of hydrogen-bond donors (Lipinski definition) is 2. The molecule has 1 aliphatic carbocycles. The van der Waals surface area contributed by atoms with Gasteiger partial charge in [-0.2, -0.15) is 0 Å². The highest BCUT2D eigenvalue weighted by molar-refractivity contribution is 5.85. The highest BCUT2D eigenvalue weighted by atomic mass is 35.5. The van der Waals surface area contributed by atoms with Gasteiger partial charge in [-0.1, -0.05) is 0 Å². The molecule has 1 saturated carbocycles. The average Bonchev–Trinajstić information content (AvgIpc) is 2.84. The Bertz CT molecular complexity index is 397. The predicted molar refractivity (Wildman–Crippen MR) is 73.8 cm³/mol. The molecule has 6 heteroatoms. The van der Waals surface area contributed by atoms with Crippen molar-refractivity contribution < 1.29 is 14.3 Å². The lowest BCUT2D eigenvalue weighted by Gasteiger charge is -2.32. The van der Waals surface area contributed by atoms with Crippen molar-refractivity contribution in [3.63, 3.8) is 0 Å². The number of amides is 1. The summed E-state index contributed by atoms with van der Waals surface area (Å²) in [6, 6.07) is 1.56. The van der Waals surface area contributed by atoms with Gasteiger partial charge in [0.05, 0.1) is 18.6 Å². The molecule has 3 atom stereocenters. The fourth-order valence-corrected chi connectivity index (χ4v) is 2.46. The van der Waals surface area contributed by atoms with Crippen LogP contribution in [0.2, 0.25) is 0 Å². The van der Waals surface area contributed by atoms with Crippen molar-refractivity contribution in [3.05, 3.63) is 24.2 Å². The van der Waals surface area contributed by atoms with Crippen molar-refractivity contribution in [1.82, 2.24) is 4.90 Å². The Labute approximate surface area is 119 Å². The zero-order valence-electron chi connectivity index (χ0n) is 11.0. The normalized spacial score (nSPS) is 26.6. The minimum absolute atomic E-state index is 0. The second-order valence-corrected chi connectivity index (χ2v) is 5.07. The van der Waals surface area contributed by atoms with Crippen molar-refractivity contribution in [2.24, 2.45) is 11.7 Å². The number of aliphatic hydroxyl groups excluding tert-OH is 1. The van der Waals surface area contributed by atoms with Gasteiger partial charge in [0.1, 0.15) is 0 Å². The topological polar surface area (TPSA) is 79.7 Å². The van der Waals surface area contributed by atoms with Gasteiger partial charge in [0.25, 0.3) is 0 Å². The molecule has 19 heavy (non-hydrogen) atoms. The quantitative estimate of drug-likeness (QED) is 0.874. The van der Waals surface area contributed by atoms with E-state index in [1.165, 1.54) is 0 Å². The van der Waals surface area contributed by atoms with E-state index >= 15 is 0 Å². The van der Waals surface area contributed by atoms with Gasteiger partial charge in [-0.3, -0.25) is 4.79 Å². The average molecular weight is 289 g/mol. The molecule has 0 spiro atoms. The number of rotatable bonds is 3. The van der Waals surface area contributed by atoms with Gasteiger partial charge in [-0.25, -0.2) is 0 Å². The molecule has 5 nitrogen and oxygen atoms in total. The summed E-state index contributed by atoms with van der Waals surface area (Å²) in [5.74, 6) is 0.0267. The van der Waals surface area contributed by atoms with Crippen molar-refractivity contribution in [2.75, 3.05) is 7.05 Å². The fourth-order valence-electron chi connectivity index (χ4n) is 2.46. The summed E-state index contributed by atoms with van der Waals surface area (Å²) in [5, 5.41) is 9.56. The van der Waals surface area contributed by atoms with E-state index in [0.29, 0.717) is 25.8 Å². The van der Waals surface area contributed by atoms with Crippen LogP contribution in [0.25, 0.3) is 0 Å². The van der Waals surface area contributed by atoms with Gasteiger partial charge in [0.15, 0.2) is 0 Å². The van der Waals surface area contributed by atoms with E-state index < -0.39 is 6.10 Å². The van der Waals surface area contributed by atoms with E-state index in [1.54, 1.807) is 24.5 Å². The SMILES string of the molecule is CN(Cc1ccoc1)C(=O)[C@H]1CC[C@@H](O)[C@H](N)C1.Cl. The van der Waals surface area contributed by atoms with Crippen LogP contribution in [-0.4, -0.2) is 35.1 Å². The molecule has 1 aliphatic rings. The molecule has 1 aromatic rings. The maximum atomic E-state index is 12.2. The van der Waals surface area contributed by atoms with Crippen molar-refractivity contribution in [3.8, 4) is 0 Å². The summed E-state index contributed by atoms with van der Waals surface area (Å²) in [5.41, 5.74) is 6.78. The molecule has 0 unspecified atom stereocenters. The number of halogens is 1. The van der Waals surface area contributed by atoms with Crippen LogP contribution in [0.3, 0.4) is 0 Å². The van der Waals surface area contributed by atoms with Crippen LogP contribution in [0, 0.1) is 5.92 Å². The van der Waals surface area contributed by atoms with Crippen LogP contribution in [0.4, 0.5) is 0 Å². The van der Waals surface area contributed by atoms with E-state index in [4.69, 9.17) is 10.2 Å². The molecule has 0 aliphatic heterocycles. The minimum Gasteiger partial charge on any atom is -0.472 e. The van der Waals surface area contributed by atoms with Crippen LogP contribution in [0.5, 0.6) is 0 Å². The Morgan fingerprint density at radius 2 is 2.32 bits per heavy atom. The van der Waals surface area contributed by atoms with Gasteiger partial charge in [-0.05, 0) is 25.3 Å². The smallest absolute Gasteiger partial charge is 0.225 e. The first-order chi connectivity index (χ1) is 8.58. The molecule has 0 saturated heterocycles. The second kappa shape index (κ2) is 6.93. The maximum Gasteiger partial charge on any atom is 0.225 e. The third-order valence-corrected chi connectivity index (χ3v) is 3.59. The summed E-state index contributed by atoms with van der Waals surface area (Å²) in [6.45, 7) is 0.545. The second-order valence-electron chi connectivity index (χ2n) is 5.07. The summed E-state index contributed by atoms with van der Waals surface area (Å²) in [4.78, 5) is 13.9. The molecule has 1 amide bonds. The molecule has 1 fully saturated rings. The van der Waals surface area contributed by atoms with Crippen molar-refractivity contribution in [2.45, 2.75) is 38.0 Å². The van der Waals surface area contributed by atoms with E-state index in [1.807, 2.05) is 6.07 Å². The number of carbonyl (C=O) groups is 1. The Balaban J connectivity index is 0.00000180. The first-order valence-corrected chi connectivity index (χ1v) is 6.27. The molecular formula is C13H21ClN2O3. The molecule has 0 aromatic carbocycles. The first-order valence-electron chi connectivity index (χ1n) is 6.27. The van der Waals surface area contributed by atoms with E-state index in [0.717, 1.165) is 5.56 Å². The molecule has 108 valence electrons. The van der Waals surface area contributed by atoms with Crippen LogP contribution < -0.4 is 5.73 Å². The highest BCUT2D eigenvalue weighted by Gasteiger charge is 2.32. The van der Waals surface area contributed by atoms with Gasteiger partial charge < -0.3 is 20.2 Å². The van der Waals surface area contributed by atoms with Crippen LogP contribution in [-0.2, 0) is 11.3 Å². The standard InChI is InChI=1S/C13H20N2O3.ClH/c1-15(7-9-4-5-18-8-9)13(17)10-2-3-12(16)11(14)6-10;/h4-5,8,10-12,16H,2-3,6-7,14H2,1H3;1H/t10-,11+,12+;/m0./s1. The zero-order valence-corrected chi connectivity index (χ0v) is 11.8. The van der Waals surface area contributed by atoms with Crippen LogP contribution >= 0.6 is 12.4 Å². The lowest BCUT2D eigenvalue weighted by Crippen LogP contribution is -2.45. The van der Waals surface area contributed by atoms with Crippen LogP contribution in [0.1, 0.15) is 24.8 Å². The molecular weight excluding hydrogens is 268 g/mol. The molecule has 0 radical (unpaired) electrons. The molecule has 1 aromatic heterocycles. The summed E-state index contributed by atoms with van der Waals surface area (Å²) >= 11 is 0. The number of nitrogens with zero attached hydrogens (tertiary/aromatic N) is 1. The summed E-state index contributed by atoms with van der Waals surface area (Å²) in [7, 11) is 1.78. The molecule has 2 rings (SSSR count).